The lowest BCUT2D eigenvalue weighted by Crippen LogP contribution is -2.52. The third kappa shape index (κ3) is 4.39. The van der Waals surface area contributed by atoms with E-state index in [4.69, 9.17) is 4.74 Å². The van der Waals surface area contributed by atoms with E-state index in [0.29, 0.717) is 12.6 Å². The fourth-order valence-electron chi connectivity index (χ4n) is 3.19. The standard InChI is InChI=1S/C19H26N4O2/c1-13(18-11-20-23(3)14(18)2)21-16-9-17(10-16)22-19(24)25-12-15-7-5-4-6-8-15/h4-8,11,13,16-17,21H,9-10,12H2,1-3H3,(H,22,24). The third-order valence-corrected chi connectivity index (χ3v) is 4.90. The van der Waals surface area contributed by atoms with Gasteiger partial charge in [-0.2, -0.15) is 5.10 Å². The van der Waals surface area contributed by atoms with Gasteiger partial charge in [-0.25, -0.2) is 4.79 Å². The summed E-state index contributed by atoms with van der Waals surface area (Å²) in [5, 5.41) is 10.8. The molecule has 0 aliphatic heterocycles. The molecule has 1 amide bonds. The minimum atomic E-state index is -0.344. The summed E-state index contributed by atoms with van der Waals surface area (Å²) in [4.78, 5) is 11.9. The lowest BCUT2D eigenvalue weighted by molar-refractivity contribution is 0.124. The van der Waals surface area contributed by atoms with Gasteiger partial charge in [0.1, 0.15) is 6.61 Å². The molecule has 2 aromatic rings. The molecule has 1 unspecified atom stereocenters. The topological polar surface area (TPSA) is 68.2 Å². The highest BCUT2D eigenvalue weighted by Crippen LogP contribution is 2.25. The van der Waals surface area contributed by atoms with Crippen LogP contribution in [-0.2, 0) is 18.4 Å². The van der Waals surface area contributed by atoms with Crippen molar-refractivity contribution in [3.63, 3.8) is 0 Å². The van der Waals surface area contributed by atoms with Crippen molar-refractivity contribution in [1.82, 2.24) is 20.4 Å². The van der Waals surface area contributed by atoms with Gasteiger partial charge < -0.3 is 15.4 Å². The molecule has 1 aliphatic rings. The molecule has 1 saturated carbocycles. The van der Waals surface area contributed by atoms with Crippen molar-refractivity contribution in [2.75, 3.05) is 0 Å². The number of alkyl carbamates (subject to hydrolysis) is 1. The second kappa shape index (κ2) is 7.70. The fraction of sp³-hybridized carbons (Fsp3) is 0.474. The largest absolute Gasteiger partial charge is 0.445 e. The number of aromatic nitrogens is 2. The van der Waals surface area contributed by atoms with Gasteiger partial charge in [-0.05, 0) is 32.3 Å². The Balaban J connectivity index is 1.36. The number of nitrogens with one attached hydrogen (secondary N) is 2. The SMILES string of the molecule is Cc1c(C(C)NC2CC(NC(=O)OCc3ccccc3)C2)cnn1C. The van der Waals surface area contributed by atoms with Gasteiger partial charge in [0.15, 0.2) is 0 Å². The summed E-state index contributed by atoms with van der Waals surface area (Å²) in [6.45, 7) is 4.53. The minimum absolute atomic E-state index is 0.183. The number of hydrogen-bond acceptors (Lipinski definition) is 4. The van der Waals surface area contributed by atoms with E-state index < -0.39 is 0 Å². The van der Waals surface area contributed by atoms with Gasteiger partial charge in [-0.15, -0.1) is 0 Å². The normalized spacial score (nSPS) is 20.6. The molecular weight excluding hydrogens is 316 g/mol. The lowest BCUT2D eigenvalue weighted by atomic mass is 9.86. The van der Waals surface area contributed by atoms with Crippen molar-refractivity contribution in [1.29, 1.82) is 0 Å². The second-order valence-corrected chi connectivity index (χ2v) is 6.77. The monoisotopic (exact) mass is 342 g/mol. The molecule has 0 radical (unpaired) electrons. The maximum absolute atomic E-state index is 11.9. The number of rotatable bonds is 6. The maximum Gasteiger partial charge on any atom is 0.407 e. The van der Waals surface area contributed by atoms with E-state index in [0.717, 1.165) is 18.4 Å². The summed E-state index contributed by atoms with van der Waals surface area (Å²) >= 11 is 0. The van der Waals surface area contributed by atoms with Crippen molar-refractivity contribution in [2.24, 2.45) is 7.05 Å². The first-order chi connectivity index (χ1) is 12.0. The highest BCUT2D eigenvalue weighted by atomic mass is 16.5. The number of nitrogens with zero attached hydrogens (tertiary/aromatic N) is 2. The molecule has 1 aliphatic carbocycles. The average molecular weight is 342 g/mol. The van der Waals surface area contributed by atoms with Crippen LogP contribution in [0.3, 0.4) is 0 Å². The molecule has 25 heavy (non-hydrogen) atoms. The molecule has 2 N–H and O–H groups in total. The first-order valence-electron chi connectivity index (χ1n) is 8.74. The fourth-order valence-corrected chi connectivity index (χ4v) is 3.19. The van der Waals surface area contributed by atoms with Gasteiger partial charge >= 0.3 is 6.09 Å². The number of ether oxygens (including phenoxy) is 1. The first kappa shape index (κ1) is 17.5. The summed E-state index contributed by atoms with van der Waals surface area (Å²) in [7, 11) is 1.95. The van der Waals surface area contributed by atoms with Crippen LogP contribution in [0.1, 0.15) is 42.6 Å². The van der Waals surface area contributed by atoms with E-state index >= 15 is 0 Å². The van der Waals surface area contributed by atoms with E-state index in [2.05, 4.69) is 29.6 Å². The molecule has 1 heterocycles. The van der Waals surface area contributed by atoms with E-state index in [9.17, 15) is 4.79 Å². The van der Waals surface area contributed by atoms with Crippen LogP contribution in [0, 0.1) is 6.92 Å². The van der Waals surface area contributed by atoms with Gasteiger partial charge in [0.05, 0.1) is 6.20 Å². The Morgan fingerprint density at radius 2 is 2.04 bits per heavy atom. The van der Waals surface area contributed by atoms with Crippen LogP contribution in [0.2, 0.25) is 0 Å². The summed E-state index contributed by atoms with van der Waals surface area (Å²) in [5.41, 5.74) is 3.39. The van der Waals surface area contributed by atoms with E-state index in [1.54, 1.807) is 0 Å². The van der Waals surface area contributed by atoms with Crippen molar-refractivity contribution in [3.8, 4) is 0 Å². The Morgan fingerprint density at radius 1 is 1.32 bits per heavy atom. The highest BCUT2D eigenvalue weighted by Gasteiger charge is 2.32. The van der Waals surface area contributed by atoms with Crippen molar-refractivity contribution in [2.45, 2.75) is 51.4 Å². The van der Waals surface area contributed by atoms with Crippen LogP contribution in [0.25, 0.3) is 0 Å². The van der Waals surface area contributed by atoms with Crippen LogP contribution in [0.5, 0.6) is 0 Å². The Morgan fingerprint density at radius 3 is 2.68 bits per heavy atom. The molecule has 1 aromatic carbocycles. The molecule has 1 atom stereocenters. The Labute approximate surface area is 148 Å². The van der Waals surface area contributed by atoms with Gasteiger partial charge in [0.2, 0.25) is 0 Å². The summed E-state index contributed by atoms with van der Waals surface area (Å²) in [5.74, 6) is 0. The number of aryl methyl sites for hydroxylation is 1. The molecular formula is C19H26N4O2. The molecule has 0 saturated heterocycles. The molecule has 6 nitrogen and oxygen atoms in total. The Hall–Kier alpha value is -2.34. The zero-order chi connectivity index (χ0) is 17.8. The Kier molecular flexibility index (Phi) is 5.38. The predicted molar refractivity (Wildman–Crippen MR) is 96.1 cm³/mol. The summed E-state index contributed by atoms with van der Waals surface area (Å²) < 4.78 is 7.15. The second-order valence-electron chi connectivity index (χ2n) is 6.77. The average Bonchev–Trinajstić information content (AvgIpc) is 2.91. The molecule has 6 heteroatoms. The summed E-state index contributed by atoms with van der Waals surface area (Å²) in [6.07, 6.45) is 3.42. The smallest absolute Gasteiger partial charge is 0.407 e. The van der Waals surface area contributed by atoms with Gasteiger partial charge in [-0.3, -0.25) is 4.68 Å². The van der Waals surface area contributed by atoms with Crippen LogP contribution in [0.15, 0.2) is 36.5 Å². The quantitative estimate of drug-likeness (QED) is 0.847. The van der Waals surface area contributed by atoms with Gasteiger partial charge in [-0.1, -0.05) is 30.3 Å². The number of amides is 1. The molecule has 1 aromatic heterocycles. The number of carbonyl (C=O) groups excluding carboxylic acids is 1. The van der Waals surface area contributed by atoms with Crippen molar-refractivity contribution >= 4 is 6.09 Å². The van der Waals surface area contributed by atoms with Crippen molar-refractivity contribution < 1.29 is 9.53 Å². The maximum atomic E-state index is 11.9. The minimum Gasteiger partial charge on any atom is -0.445 e. The molecule has 0 spiro atoms. The van der Waals surface area contributed by atoms with Gasteiger partial charge in [0.25, 0.3) is 0 Å². The summed E-state index contributed by atoms with van der Waals surface area (Å²) in [6, 6.07) is 10.5. The first-order valence-corrected chi connectivity index (χ1v) is 8.74. The van der Waals surface area contributed by atoms with Crippen LogP contribution < -0.4 is 10.6 Å². The van der Waals surface area contributed by atoms with Crippen LogP contribution in [-0.4, -0.2) is 28.0 Å². The molecule has 0 bridgehead atoms. The number of hydrogen-bond donors (Lipinski definition) is 2. The van der Waals surface area contributed by atoms with E-state index in [-0.39, 0.29) is 18.2 Å². The zero-order valence-corrected chi connectivity index (χ0v) is 15.0. The van der Waals surface area contributed by atoms with Crippen molar-refractivity contribution in [3.05, 3.63) is 53.3 Å². The molecule has 1 fully saturated rings. The van der Waals surface area contributed by atoms with E-state index in [1.165, 1.54) is 11.3 Å². The predicted octanol–water partition coefficient (Wildman–Crippen LogP) is 2.84. The number of carbonyl (C=O) groups is 1. The Bertz CT molecular complexity index is 707. The lowest BCUT2D eigenvalue weighted by Gasteiger charge is -2.37. The highest BCUT2D eigenvalue weighted by molar-refractivity contribution is 5.67. The van der Waals surface area contributed by atoms with Crippen LogP contribution in [0.4, 0.5) is 4.79 Å². The zero-order valence-electron chi connectivity index (χ0n) is 15.0. The van der Waals surface area contributed by atoms with Gasteiger partial charge in [0, 0.05) is 36.4 Å². The molecule has 3 rings (SSSR count). The van der Waals surface area contributed by atoms with Crippen LogP contribution >= 0.6 is 0 Å². The number of benzene rings is 1. The molecule has 134 valence electrons. The third-order valence-electron chi connectivity index (χ3n) is 4.90. The van der Waals surface area contributed by atoms with E-state index in [1.807, 2.05) is 48.3 Å².